The van der Waals surface area contributed by atoms with Crippen molar-refractivity contribution in [1.29, 1.82) is 0 Å². The smallest absolute Gasteiger partial charge is 0.250 e. The van der Waals surface area contributed by atoms with E-state index in [9.17, 15) is 9.59 Å². The van der Waals surface area contributed by atoms with Crippen LogP contribution in [0.4, 0.5) is 0 Å². The van der Waals surface area contributed by atoms with E-state index < -0.39 is 5.78 Å². The Morgan fingerprint density at radius 3 is 2.31 bits per heavy atom. The summed E-state index contributed by atoms with van der Waals surface area (Å²) >= 11 is 0. The molecule has 0 radical (unpaired) electrons. The molecule has 0 unspecified atom stereocenters. The van der Waals surface area contributed by atoms with Gasteiger partial charge in [-0.2, -0.15) is 0 Å². The van der Waals surface area contributed by atoms with Crippen molar-refractivity contribution in [3.05, 3.63) is 41.1 Å². The maximum absolute atomic E-state index is 11.9. The van der Waals surface area contributed by atoms with E-state index >= 15 is 0 Å². The molecule has 0 fully saturated rings. The van der Waals surface area contributed by atoms with Gasteiger partial charge < -0.3 is 9.47 Å². The summed E-state index contributed by atoms with van der Waals surface area (Å²) < 4.78 is 9.77. The predicted molar refractivity (Wildman–Crippen MR) is 53.9 cm³/mol. The minimum atomic E-state index is -0.436. The number of carbonyl (C=O) groups excluding carboxylic acids is 2. The molecule has 0 spiro atoms. The fraction of sp³-hybridized carbons (Fsp3) is 0.182. The van der Waals surface area contributed by atoms with Crippen molar-refractivity contribution in [1.82, 2.24) is 4.98 Å². The highest BCUT2D eigenvalue weighted by atomic mass is 16.5. The van der Waals surface area contributed by atoms with Gasteiger partial charge >= 0.3 is 0 Å². The summed E-state index contributed by atoms with van der Waals surface area (Å²) in [6.07, 6.45) is 1.45. The van der Waals surface area contributed by atoms with Crippen molar-refractivity contribution < 1.29 is 19.1 Å². The second kappa shape index (κ2) is 3.77. The average Bonchev–Trinajstić information content (AvgIpc) is 2.33. The van der Waals surface area contributed by atoms with Crippen LogP contribution in [0, 0.1) is 0 Å². The second-order valence-corrected chi connectivity index (χ2v) is 3.12. The van der Waals surface area contributed by atoms with E-state index in [1.165, 1.54) is 26.5 Å². The average molecular weight is 219 g/mol. The van der Waals surface area contributed by atoms with Crippen LogP contribution in [0.25, 0.3) is 0 Å². The van der Waals surface area contributed by atoms with Crippen molar-refractivity contribution in [2.24, 2.45) is 0 Å². The molecular weight excluding hydrogens is 210 g/mol. The maximum Gasteiger partial charge on any atom is 0.250 e. The summed E-state index contributed by atoms with van der Waals surface area (Å²) in [5, 5.41) is 0. The number of Topliss-reactive ketones (excluding diaryl/α,β-unsaturated/α-hetero) is 2. The number of methoxy groups -OCH3 is 2. The maximum atomic E-state index is 11.9. The summed E-state index contributed by atoms with van der Waals surface area (Å²) in [5.41, 5.74) is 0.343. The van der Waals surface area contributed by atoms with Crippen LogP contribution in [0.15, 0.2) is 29.8 Å². The van der Waals surface area contributed by atoms with Gasteiger partial charge in [-0.05, 0) is 12.1 Å². The van der Waals surface area contributed by atoms with Crippen LogP contribution in [-0.2, 0) is 9.47 Å². The fourth-order valence-corrected chi connectivity index (χ4v) is 1.58. The molecule has 5 heteroatoms. The first kappa shape index (κ1) is 10.4. The molecule has 0 bridgehead atoms. The minimum Gasteiger partial charge on any atom is -0.489 e. The Kier molecular flexibility index (Phi) is 2.44. The van der Waals surface area contributed by atoms with Crippen LogP contribution in [0.1, 0.15) is 20.8 Å². The third kappa shape index (κ3) is 1.29. The van der Waals surface area contributed by atoms with E-state index in [1.807, 2.05) is 0 Å². The number of aromatic nitrogens is 1. The number of carbonyl (C=O) groups is 2. The summed E-state index contributed by atoms with van der Waals surface area (Å²) in [7, 11) is 2.63. The lowest BCUT2D eigenvalue weighted by Gasteiger charge is -2.17. The normalized spacial score (nSPS) is 14.9. The Hall–Kier alpha value is -2.17. The number of pyridine rings is 1. The number of nitrogens with zero attached hydrogens (tertiary/aromatic N) is 1. The molecule has 0 saturated carbocycles. The highest BCUT2D eigenvalue weighted by molar-refractivity contribution is 6.24. The Morgan fingerprint density at radius 2 is 1.69 bits per heavy atom. The monoisotopic (exact) mass is 219 g/mol. The van der Waals surface area contributed by atoms with Gasteiger partial charge in [-0.25, -0.2) is 0 Å². The van der Waals surface area contributed by atoms with E-state index in [4.69, 9.17) is 9.47 Å². The Balaban J connectivity index is 2.67. The molecule has 0 saturated heterocycles. The van der Waals surface area contributed by atoms with Gasteiger partial charge in [0.2, 0.25) is 17.3 Å². The highest BCUT2D eigenvalue weighted by Gasteiger charge is 2.35. The molecule has 1 aromatic rings. The van der Waals surface area contributed by atoms with Crippen LogP contribution in [-0.4, -0.2) is 30.8 Å². The van der Waals surface area contributed by atoms with E-state index in [-0.39, 0.29) is 28.6 Å². The number of fused-ring (bicyclic) bond motifs is 1. The van der Waals surface area contributed by atoms with Gasteiger partial charge in [-0.1, -0.05) is 0 Å². The van der Waals surface area contributed by atoms with E-state index in [1.54, 1.807) is 6.07 Å². The molecule has 0 N–H and O–H groups in total. The van der Waals surface area contributed by atoms with Gasteiger partial charge in [0.15, 0.2) is 0 Å². The van der Waals surface area contributed by atoms with Crippen molar-refractivity contribution in [3.63, 3.8) is 0 Å². The third-order valence-electron chi connectivity index (χ3n) is 2.29. The number of hydrogen-bond acceptors (Lipinski definition) is 5. The summed E-state index contributed by atoms with van der Waals surface area (Å²) in [4.78, 5) is 27.7. The zero-order chi connectivity index (χ0) is 11.7. The summed E-state index contributed by atoms with van der Waals surface area (Å²) in [5.74, 6) is -0.997. The first-order valence-corrected chi connectivity index (χ1v) is 4.57. The Labute approximate surface area is 91.7 Å². The molecule has 2 rings (SSSR count). The zero-order valence-electron chi connectivity index (χ0n) is 8.81. The van der Waals surface area contributed by atoms with Gasteiger partial charge in [0.25, 0.3) is 5.78 Å². The lowest BCUT2D eigenvalue weighted by molar-refractivity contribution is 0.0825. The molecule has 1 aliphatic rings. The van der Waals surface area contributed by atoms with Crippen LogP contribution in [0.5, 0.6) is 0 Å². The molecule has 82 valence electrons. The lowest BCUT2D eigenvalue weighted by Crippen LogP contribution is -2.25. The van der Waals surface area contributed by atoms with Gasteiger partial charge in [-0.3, -0.25) is 14.6 Å². The summed E-state index contributed by atoms with van der Waals surface area (Å²) in [6.45, 7) is 0. The Bertz CT molecular complexity index is 459. The third-order valence-corrected chi connectivity index (χ3v) is 2.29. The van der Waals surface area contributed by atoms with Gasteiger partial charge in [0.1, 0.15) is 5.69 Å². The first-order chi connectivity index (χ1) is 7.70. The van der Waals surface area contributed by atoms with Crippen LogP contribution < -0.4 is 0 Å². The molecule has 0 atom stereocenters. The SMILES string of the molecule is COC1=C(OC)C(=O)c2ncccc2C1=O. The Morgan fingerprint density at radius 1 is 1.06 bits per heavy atom. The largest absolute Gasteiger partial charge is 0.489 e. The molecular formula is C11H9NO4. The lowest BCUT2D eigenvalue weighted by atomic mass is 9.97. The van der Waals surface area contributed by atoms with Crippen LogP contribution in [0.3, 0.4) is 0 Å². The van der Waals surface area contributed by atoms with Crippen LogP contribution in [0.2, 0.25) is 0 Å². The summed E-state index contributed by atoms with van der Waals surface area (Å²) in [6, 6.07) is 3.13. The van der Waals surface area contributed by atoms with Gasteiger partial charge in [-0.15, -0.1) is 0 Å². The highest BCUT2D eigenvalue weighted by Crippen LogP contribution is 2.25. The number of ketones is 2. The molecule has 1 aliphatic carbocycles. The number of ether oxygens (including phenoxy) is 2. The topological polar surface area (TPSA) is 65.5 Å². The second-order valence-electron chi connectivity index (χ2n) is 3.12. The van der Waals surface area contributed by atoms with Gasteiger partial charge in [0, 0.05) is 6.20 Å². The molecule has 16 heavy (non-hydrogen) atoms. The number of rotatable bonds is 2. The molecule has 0 aliphatic heterocycles. The van der Waals surface area contributed by atoms with E-state index in [0.717, 1.165) is 0 Å². The molecule has 5 nitrogen and oxygen atoms in total. The molecule has 1 aromatic heterocycles. The predicted octanol–water partition coefficient (Wildman–Crippen LogP) is 0.965. The van der Waals surface area contributed by atoms with Crippen molar-refractivity contribution in [2.75, 3.05) is 14.2 Å². The standard InChI is InChI=1S/C11H9NO4/c1-15-10-8(13)6-4-3-5-12-7(6)9(14)11(10)16-2/h3-5H,1-2H3. The fourth-order valence-electron chi connectivity index (χ4n) is 1.58. The van der Waals surface area contributed by atoms with Gasteiger partial charge in [0.05, 0.1) is 19.8 Å². The molecule has 0 amide bonds. The van der Waals surface area contributed by atoms with Crippen molar-refractivity contribution in [2.45, 2.75) is 0 Å². The van der Waals surface area contributed by atoms with Crippen LogP contribution >= 0.6 is 0 Å². The molecule has 1 heterocycles. The number of hydrogen-bond donors (Lipinski definition) is 0. The van der Waals surface area contributed by atoms with E-state index in [0.29, 0.717) is 0 Å². The number of allylic oxidation sites excluding steroid dienone is 2. The molecule has 0 aromatic carbocycles. The first-order valence-electron chi connectivity index (χ1n) is 4.57. The van der Waals surface area contributed by atoms with E-state index in [2.05, 4.69) is 4.98 Å². The quantitative estimate of drug-likeness (QED) is 0.741. The zero-order valence-corrected chi connectivity index (χ0v) is 8.81. The van der Waals surface area contributed by atoms with Crippen molar-refractivity contribution >= 4 is 11.6 Å². The minimum absolute atomic E-state index is 0.0759. The van der Waals surface area contributed by atoms with Crippen molar-refractivity contribution in [3.8, 4) is 0 Å².